The number of alkyl halides is 3. The van der Waals surface area contributed by atoms with Gasteiger partial charge in [-0.15, -0.1) is 0 Å². The van der Waals surface area contributed by atoms with Crippen LogP contribution in [0.5, 0.6) is 0 Å². The summed E-state index contributed by atoms with van der Waals surface area (Å²) in [6.45, 7) is 1.74. The van der Waals surface area contributed by atoms with Crippen molar-refractivity contribution >= 4 is 11.5 Å². The van der Waals surface area contributed by atoms with Gasteiger partial charge in [0, 0.05) is 11.8 Å². The quantitative estimate of drug-likeness (QED) is 0.671. The average Bonchev–Trinajstić information content (AvgIpc) is 2.95. The fourth-order valence-electron chi connectivity index (χ4n) is 2.71. The molecule has 0 aliphatic rings. The van der Waals surface area contributed by atoms with Crippen LogP contribution in [0, 0.1) is 6.92 Å². The molecular formula is C18H15F3N2O2. The number of ether oxygens (including phenoxy) is 1. The lowest BCUT2D eigenvalue weighted by atomic mass is 9.97. The van der Waals surface area contributed by atoms with Crippen LogP contribution in [0.2, 0.25) is 0 Å². The molecule has 0 amide bonds. The Balaban J connectivity index is 2.15. The smallest absolute Gasteiger partial charge is 0.417 e. The summed E-state index contributed by atoms with van der Waals surface area (Å²) >= 11 is 0. The topological polar surface area (TPSA) is 43.6 Å². The Morgan fingerprint density at radius 2 is 2.00 bits per heavy atom. The van der Waals surface area contributed by atoms with Crippen molar-refractivity contribution in [2.75, 3.05) is 7.11 Å². The predicted molar refractivity (Wildman–Crippen MR) is 86.1 cm³/mol. The number of pyridine rings is 1. The number of halogens is 3. The van der Waals surface area contributed by atoms with Crippen molar-refractivity contribution in [2.45, 2.75) is 19.5 Å². The molecule has 4 nitrogen and oxygen atoms in total. The second kappa shape index (κ2) is 6.23. The van der Waals surface area contributed by atoms with Gasteiger partial charge in [-0.2, -0.15) is 18.3 Å². The molecule has 0 aliphatic heterocycles. The van der Waals surface area contributed by atoms with E-state index in [0.717, 1.165) is 11.6 Å². The summed E-state index contributed by atoms with van der Waals surface area (Å²) in [6.07, 6.45) is -1.36. The van der Waals surface area contributed by atoms with E-state index < -0.39 is 17.7 Å². The average molecular weight is 348 g/mol. The van der Waals surface area contributed by atoms with Gasteiger partial charge in [-0.3, -0.25) is 4.79 Å². The zero-order valence-corrected chi connectivity index (χ0v) is 13.6. The highest BCUT2D eigenvalue weighted by Gasteiger charge is 2.33. The molecule has 0 aliphatic carbocycles. The van der Waals surface area contributed by atoms with Crippen molar-refractivity contribution in [1.82, 2.24) is 9.61 Å². The van der Waals surface area contributed by atoms with Crippen LogP contribution in [0.3, 0.4) is 0 Å². The van der Waals surface area contributed by atoms with E-state index in [1.165, 1.54) is 30.0 Å². The second-order valence-corrected chi connectivity index (χ2v) is 5.71. The summed E-state index contributed by atoms with van der Waals surface area (Å²) in [4.78, 5) is 11.5. The maximum absolute atomic E-state index is 13.3. The SMILES string of the molecule is COC(=O)Cc1cnn2ccc(-c3cc(C)ccc3C(F)(F)F)cc12. The summed E-state index contributed by atoms with van der Waals surface area (Å²) in [7, 11) is 1.28. The lowest BCUT2D eigenvalue weighted by molar-refractivity contribution is -0.140. The van der Waals surface area contributed by atoms with Gasteiger partial charge in [-0.25, -0.2) is 4.52 Å². The number of aromatic nitrogens is 2. The molecule has 2 aromatic heterocycles. The van der Waals surface area contributed by atoms with E-state index in [1.54, 1.807) is 25.3 Å². The molecule has 0 unspecified atom stereocenters. The second-order valence-electron chi connectivity index (χ2n) is 5.71. The number of esters is 1. The summed E-state index contributed by atoms with van der Waals surface area (Å²) in [6, 6.07) is 7.21. The summed E-state index contributed by atoms with van der Waals surface area (Å²) < 4.78 is 46.2. The standard InChI is InChI=1S/C18H15F3N2O2/c1-11-3-4-15(18(19,20)21)14(7-11)12-5-6-23-16(8-12)13(10-22-23)9-17(24)25-2/h3-8,10H,9H2,1-2H3. The summed E-state index contributed by atoms with van der Waals surface area (Å²) in [5.74, 6) is -0.438. The molecule has 0 spiro atoms. The van der Waals surface area contributed by atoms with E-state index in [-0.39, 0.29) is 12.0 Å². The normalized spacial score (nSPS) is 11.7. The van der Waals surface area contributed by atoms with E-state index in [9.17, 15) is 18.0 Å². The summed E-state index contributed by atoms with van der Waals surface area (Å²) in [5, 5.41) is 4.12. The van der Waals surface area contributed by atoms with Crippen molar-refractivity contribution in [3.05, 3.63) is 59.4 Å². The van der Waals surface area contributed by atoms with Crippen LogP contribution in [0.1, 0.15) is 16.7 Å². The highest BCUT2D eigenvalue weighted by atomic mass is 19.4. The molecule has 0 atom stereocenters. The fraction of sp³-hybridized carbons (Fsp3) is 0.222. The zero-order valence-electron chi connectivity index (χ0n) is 13.6. The number of fused-ring (bicyclic) bond motifs is 1. The number of aryl methyl sites for hydroxylation is 1. The Morgan fingerprint density at radius 1 is 1.24 bits per heavy atom. The minimum absolute atomic E-state index is 0.00337. The highest BCUT2D eigenvalue weighted by molar-refractivity contribution is 5.78. The number of hydrogen-bond acceptors (Lipinski definition) is 3. The molecule has 0 saturated carbocycles. The lowest BCUT2D eigenvalue weighted by Crippen LogP contribution is -2.07. The van der Waals surface area contributed by atoms with Crippen LogP contribution in [0.25, 0.3) is 16.6 Å². The van der Waals surface area contributed by atoms with Crippen LogP contribution in [-0.4, -0.2) is 22.7 Å². The molecule has 2 heterocycles. The molecule has 0 fully saturated rings. The minimum Gasteiger partial charge on any atom is -0.469 e. The van der Waals surface area contributed by atoms with Crippen LogP contribution < -0.4 is 0 Å². The number of carbonyl (C=O) groups is 1. The van der Waals surface area contributed by atoms with Gasteiger partial charge in [0.15, 0.2) is 0 Å². The third-order valence-corrected chi connectivity index (χ3v) is 3.96. The molecule has 3 rings (SSSR count). The van der Waals surface area contributed by atoms with Crippen molar-refractivity contribution in [2.24, 2.45) is 0 Å². The Bertz CT molecular complexity index is 945. The molecule has 25 heavy (non-hydrogen) atoms. The number of rotatable bonds is 3. The number of nitrogens with zero attached hydrogens (tertiary/aromatic N) is 2. The number of methoxy groups -OCH3 is 1. The van der Waals surface area contributed by atoms with Gasteiger partial charge in [-0.1, -0.05) is 17.7 Å². The van der Waals surface area contributed by atoms with E-state index >= 15 is 0 Å². The Labute approximate surface area is 141 Å². The van der Waals surface area contributed by atoms with Gasteiger partial charge in [0.25, 0.3) is 0 Å². The number of carbonyl (C=O) groups excluding carboxylic acids is 1. The fourth-order valence-corrected chi connectivity index (χ4v) is 2.71. The molecular weight excluding hydrogens is 333 g/mol. The monoisotopic (exact) mass is 348 g/mol. The van der Waals surface area contributed by atoms with Crippen LogP contribution in [-0.2, 0) is 22.1 Å². The minimum atomic E-state index is -4.45. The van der Waals surface area contributed by atoms with Gasteiger partial charge in [0.2, 0.25) is 0 Å². The Morgan fingerprint density at radius 3 is 2.68 bits per heavy atom. The molecule has 0 saturated heterocycles. The molecule has 130 valence electrons. The van der Waals surface area contributed by atoms with E-state index in [0.29, 0.717) is 16.6 Å². The highest BCUT2D eigenvalue weighted by Crippen LogP contribution is 2.38. The van der Waals surface area contributed by atoms with E-state index in [2.05, 4.69) is 9.84 Å². The van der Waals surface area contributed by atoms with Gasteiger partial charge >= 0.3 is 12.1 Å². The molecule has 0 bridgehead atoms. The van der Waals surface area contributed by atoms with Gasteiger partial charge in [-0.05, 0) is 36.2 Å². The van der Waals surface area contributed by atoms with E-state index in [1.807, 2.05) is 0 Å². The van der Waals surface area contributed by atoms with E-state index in [4.69, 9.17) is 0 Å². The molecule has 0 radical (unpaired) electrons. The predicted octanol–water partition coefficient (Wildman–Crippen LogP) is 4.04. The van der Waals surface area contributed by atoms with Crippen LogP contribution >= 0.6 is 0 Å². The lowest BCUT2D eigenvalue weighted by Gasteiger charge is -2.14. The molecule has 1 aromatic carbocycles. The zero-order chi connectivity index (χ0) is 18.2. The first-order valence-electron chi connectivity index (χ1n) is 7.51. The van der Waals surface area contributed by atoms with Gasteiger partial charge in [0.1, 0.15) is 0 Å². The summed E-state index contributed by atoms with van der Waals surface area (Å²) in [5.41, 5.74) is 1.70. The largest absolute Gasteiger partial charge is 0.469 e. The number of hydrogen-bond donors (Lipinski definition) is 0. The van der Waals surface area contributed by atoms with Crippen molar-refractivity contribution in [3.8, 4) is 11.1 Å². The third kappa shape index (κ3) is 3.35. The van der Waals surface area contributed by atoms with Crippen LogP contribution in [0.15, 0.2) is 42.7 Å². The number of benzene rings is 1. The van der Waals surface area contributed by atoms with Crippen LogP contribution in [0.4, 0.5) is 13.2 Å². The van der Waals surface area contributed by atoms with Crippen molar-refractivity contribution in [3.63, 3.8) is 0 Å². The van der Waals surface area contributed by atoms with Crippen molar-refractivity contribution in [1.29, 1.82) is 0 Å². The maximum atomic E-state index is 13.3. The third-order valence-electron chi connectivity index (χ3n) is 3.96. The first-order chi connectivity index (χ1) is 11.8. The molecule has 3 aromatic rings. The Kier molecular flexibility index (Phi) is 4.24. The van der Waals surface area contributed by atoms with Gasteiger partial charge in [0.05, 0.1) is 30.8 Å². The molecule has 7 heteroatoms. The first-order valence-corrected chi connectivity index (χ1v) is 7.51. The maximum Gasteiger partial charge on any atom is 0.417 e. The van der Waals surface area contributed by atoms with Crippen molar-refractivity contribution < 1.29 is 22.7 Å². The first kappa shape index (κ1) is 17.0. The Hall–Kier alpha value is -2.83. The molecule has 0 N–H and O–H groups in total. The van der Waals surface area contributed by atoms with Gasteiger partial charge < -0.3 is 4.74 Å².